The molecule has 4 heteroatoms. The maximum Gasteiger partial charge on any atom is 0.251 e. The van der Waals surface area contributed by atoms with Crippen LogP contribution in [-0.4, -0.2) is 12.5 Å². The van der Waals surface area contributed by atoms with E-state index in [0.717, 1.165) is 0 Å². The fraction of sp³-hybridized carbons (Fsp3) is 0.182. The number of hydrogen-bond acceptors (Lipinski definition) is 1. The molecule has 1 N–H and O–H groups in total. The third-order valence-electron chi connectivity index (χ3n) is 1.82. The van der Waals surface area contributed by atoms with Gasteiger partial charge in [-0.15, -0.1) is 6.58 Å². The monoisotopic (exact) mass is 271 g/mol. The van der Waals surface area contributed by atoms with Crippen molar-refractivity contribution in [2.75, 3.05) is 6.54 Å². The molecule has 2 nitrogen and oxygen atoms in total. The number of carbonyl (C=O) groups is 1. The van der Waals surface area contributed by atoms with Gasteiger partial charge < -0.3 is 5.32 Å². The second kappa shape index (κ2) is 5.66. The number of halogens is 2. The highest BCUT2D eigenvalue weighted by Gasteiger charge is 2.07. The van der Waals surface area contributed by atoms with Crippen molar-refractivity contribution in [1.82, 2.24) is 5.32 Å². The fourth-order valence-corrected chi connectivity index (χ4v) is 1.41. The Kier molecular flexibility index (Phi) is 4.49. The molecule has 1 aromatic rings. The molecule has 0 saturated heterocycles. The molecule has 0 aliphatic rings. The van der Waals surface area contributed by atoms with Crippen molar-refractivity contribution in [3.63, 3.8) is 0 Å². The van der Waals surface area contributed by atoms with Crippen molar-refractivity contribution in [1.29, 1.82) is 0 Å². The van der Waals surface area contributed by atoms with Crippen LogP contribution in [0.1, 0.15) is 16.8 Å². The van der Waals surface area contributed by atoms with Gasteiger partial charge in [-0.25, -0.2) is 4.39 Å². The molecule has 0 aromatic heterocycles. The van der Waals surface area contributed by atoms with Gasteiger partial charge in [0.15, 0.2) is 0 Å². The first-order valence-corrected chi connectivity index (χ1v) is 5.28. The van der Waals surface area contributed by atoms with Crippen molar-refractivity contribution in [2.24, 2.45) is 0 Å². The summed E-state index contributed by atoms with van der Waals surface area (Å²) in [5.41, 5.74) is 0.437. The molecule has 0 unspecified atom stereocenters. The van der Waals surface area contributed by atoms with Crippen LogP contribution in [0, 0.1) is 5.82 Å². The molecule has 0 aliphatic carbocycles. The predicted octanol–water partition coefficient (Wildman–Crippen LogP) is 2.89. The molecular weight excluding hydrogens is 261 g/mol. The summed E-state index contributed by atoms with van der Waals surface area (Å²) in [5, 5.41) is 2.69. The minimum atomic E-state index is -0.377. The number of nitrogens with one attached hydrogen (secondary N) is 1. The predicted molar refractivity (Wildman–Crippen MR) is 61.2 cm³/mol. The molecule has 15 heavy (non-hydrogen) atoms. The molecule has 0 fully saturated rings. The zero-order valence-electron chi connectivity index (χ0n) is 8.09. The Labute approximate surface area is 96.3 Å². The largest absolute Gasteiger partial charge is 0.352 e. The first kappa shape index (κ1) is 11.9. The van der Waals surface area contributed by atoms with E-state index in [1.807, 2.05) is 0 Å². The van der Waals surface area contributed by atoms with Gasteiger partial charge >= 0.3 is 0 Å². The standard InChI is InChI=1S/C11H11BrFNO/c1-2-3-6-14-11(15)8-4-5-10(13)9(12)7-8/h2,4-5,7H,1,3,6H2,(H,14,15). The zero-order valence-corrected chi connectivity index (χ0v) is 9.68. The Morgan fingerprint density at radius 3 is 2.93 bits per heavy atom. The summed E-state index contributed by atoms with van der Waals surface area (Å²) in [6.07, 6.45) is 2.44. The van der Waals surface area contributed by atoms with Crippen molar-refractivity contribution in [3.05, 3.63) is 46.7 Å². The lowest BCUT2D eigenvalue weighted by Crippen LogP contribution is -2.24. The van der Waals surface area contributed by atoms with Crippen molar-refractivity contribution < 1.29 is 9.18 Å². The van der Waals surface area contributed by atoms with Crippen molar-refractivity contribution in [2.45, 2.75) is 6.42 Å². The van der Waals surface area contributed by atoms with Crippen LogP contribution in [0.15, 0.2) is 35.3 Å². The third-order valence-corrected chi connectivity index (χ3v) is 2.42. The SMILES string of the molecule is C=CCCNC(=O)c1ccc(F)c(Br)c1. The van der Waals surface area contributed by atoms with Crippen molar-refractivity contribution in [3.8, 4) is 0 Å². The van der Waals surface area contributed by atoms with Crippen LogP contribution < -0.4 is 5.32 Å². The number of amides is 1. The van der Waals surface area contributed by atoms with Gasteiger partial charge in [0.05, 0.1) is 4.47 Å². The van der Waals surface area contributed by atoms with Crippen LogP contribution in [0.25, 0.3) is 0 Å². The van der Waals surface area contributed by atoms with Crippen LogP contribution in [-0.2, 0) is 0 Å². The highest BCUT2D eigenvalue weighted by molar-refractivity contribution is 9.10. The summed E-state index contributed by atoms with van der Waals surface area (Å²) in [6.45, 7) is 4.09. The molecule has 1 rings (SSSR count). The van der Waals surface area contributed by atoms with Gasteiger partial charge in [-0.1, -0.05) is 6.08 Å². The van der Waals surface area contributed by atoms with Gasteiger partial charge in [-0.05, 0) is 40.5 Å². The van der Waals surface area contributed by atoms with E-state index in [9.17, 15) is 9.18 Å². The van der Waals surface area contributed by atoms with Gasteiger partial charge in [-0.2, -0.15) is 0 Å². The first-order valence-electron chi connectivity index (χ1n) is 4.49. The fourth-order valence-electron chi connectivity index (χ4n) is 1.03. The Morgan fingerprint density at radius 1 is 1.60 bits per heavy atom. The lowest BCUT2D eigenvalue weighted by Gasteiger charge is -2.04. The van der Waals surface area contributed by atoms with E-state index in [-0.39, 0.29) is 11.7 Å². The summed E-state index contributed by atoms with van der Waals surface area (Å²) in [4.78, 5) is 11.5. The smallest absolute Gasteiger partial charge is 0.251 e. The van der Waals surface area contributed by atoms with E-state index in [1.165, 1.54) is 18.2 Å². The van der Waals surface area contributed by atoms with Crippen LogP contribution in [0.3, 0.4) is 0 Å². The number of rotatable bonds is 4. The highest BCUT2D eigenvalue weighted by Crippen LogP contribution is 2.16. The molecule has 1 amide bonds. The summed E-state index contributed by atoms with van der Waals surface area (Å²) in [7, 11) is 0. The van der Waals surface area contributed by atoms with E-state index in [2.05, 4.69) is 27.8 Å². The minimum absolute atomic E-state index is 0.211. The number of carbonyl (C=O) groups excluding carboxylic acids is 1. The van der Waals surface area contributed by atoms with Gasteiger partial charge in [0.25, 0.3) is 5.91 Å². The quantitative estimate of drug-likeness (QED) is 0.662. The minimum Gasteiger partial charge on any atom is -0.352 e. The van der Waals surface area contributed by atoms with Gasteiger partial charge in [0, 0.05) is 12.1 Å². The van der Waals surface area contributed by atoms with Gasteiger partial charge in [-0.3, -0.25) is 4.79 Å². The van der Waals surface area contributed by atoms with Crippen molar-refractivity contribution >= 4 is 21.8 Å². The average Bonchev–Trinajstić information content (AvgIpc) is 2.22. The van der Waals surface area contributed by atoms with Crippen LogP contribution in [0.2, 0.25) is 0 Å². The summed E-state index contributed by atoms with van der Waals surface area (Å²) < 4.78 is 13.2. The van der Waals surface area contributed by atoms with E-state index in [4.69, 9.17) is 0 Å². The molecule has 0 spiro atoms. The summed E-state index contributed by atoms with van der Waals surface area (Å²) in [5.74, 6) is -0.588. The molecular formula is C11H11BrFNO. The number of hydrogen-bond donors (Lipinski definition) is 1. The molecule has 0 bridgehead atoms. The highest BCUT2D eigenvalue weighted by atomic mass is 79.9. The van der Waals surface area contributed by atoms with E-state index in [1.54, 1.807) is 6.08 Å². The average molecular weight is 272 g/mol. The molecule has 1 aromatic carbocycles. The Balaban J connectivity index is 2.65. The second-order valence-corrected chi connectivity index (χ2v) is 3.82. The van der Waals surface area contributed by atoms with Gasteiger partial charge in [0.2, 0.25) is 0 Å². The zero-order chi connectivity index (χ0) is 11.3. The number of benzene rings is 1. The topological polar surface area (TPSA) is 29.1 Å². The van der Waals surface area contributed by atoms with Crippen LogP contribution in [0.5, 0.6) is 0 Å². The third kappa shape index (κ3) is 3.47. The maximum atomic E-state index is 12.9. The summed E-state index contributed by atoms with van der Waals surface area (Å²) in [6, 6.07) is 4.16. The molecule has 0 radical (unpaired) electrons. The molecule has 0 atom stereocenters. The van der Waals surface area contributed by atoms with E-state index in [0.29, 0.717) is 23.0 Å². The van der Waals surface area contributed by atoms with Crippen LogP contribution in [0.4, 0.5) is 4.39 Å². The maximum absolute atomic E-state index is 12.9. The molecule has 0 heterocycles. The molecule has 0 saturated carbocycles. The lowest BCUT2D eigenvalue weighted by atomic mass is 10.2. The van der Waals surface area contributed by atoms with E-state index < -0.39 is 0 Å². The second-order valence-electron chi connectivity index (χ2n) is 2.96. The Morgan fingerprint density at radius 2 is 2.33 bits per heavy atom. The van der Waals surface area contributed by atoms with E-state index >= 15 is 0 Å². The lowest BCUT2D eigenvalue weighted by molar-refractivity contribution is 0.0954. The first-order chi connectivity index (χ1) is 7.15. The molecule has 0 aliphatic heterocycles. The van der Waals surface area contributed by atoms with Crippen LogP contribution >= 0.6 is 15.9 Å². The molecule has 80 valence electrons. The Bertz CT molecular complexity index is 379. The normalized spacial score (nSPS) is 9.73. The summed E-state index contributed by atoms with van der Waals surface area (Å²) >= 11 is 3.03. The van der Waals surface area contributed by atoms with Gasteiger partial charge in [0.1, 0.15) is 5.82 Å². The Hall–Kier alpha value is -1.16.